The number of aromatic nitrogens is 2. The molecule has 3 aliphatic heterocycles. The zero-order valence-electron chi connectivity index (χ0n) is 15.0. The van der Waals surface area contributed by atoms with E-state index in [1.165, 1.54) is 12.1 Å². The molecule has 0 aliphatic carbocycles. The molecule has 3 aliphatic rings. The van der Waals surface area contributed by atoms with Crippen LogP contribution < -0.4 is 10.2 Å². The number of piperidine rings is 1. The van der Waals surface area contributed by atoms with Gasteiger partial charge in [0.15, 0.2) is 0 Å². The average Bonchev–Trinajstić information content (AvgIpc) is 2.98. The summed E-state index contributed by atoms with van der Waals surface area (Å²) in [5, 5.41) is 2.80. The number of anilines is 2. The van der Waals surface area contributed by atoms with E-state index in [1.54, 1.807) is 24.5 Å². The van der Waals surface area contributed by atoms with E-state index in [0.717, 1.165) is 50.5 Å². The van der Waals surface area contributed by atoms with Gasteiger partial charge in [-0.1, -0.05) is 12.1 Å². The maximum Gasteiger partial charge on any atom is 0.228 e. The average molecular weight is 392 g/mol. The molecule has 5 rings (SSSR count). The molecule has 1 aromatic heterocycles. The molecule has 2 aromatic rings. The highest BCUT2D eigenvalue weighted by molar-refractivity contribution is 5.91. The second kappa shape index (κ2) is 8.63. The minimum atomic E-state index is -0.308. The lowest BCUT2D eigenvalue weighted by molar-refractivity contribution is -0.115. The number of nitrogens with one attached hydrogen (secondary N) is 1. The van der Waals surface area contributed by atoms with Crippen LogP contribution in [0.4, 0.5) is 16.0 Å². The van der Waals surface area contributed by atoms with Gasteiger partial charge in [0.25, 0.3) is 0 Å². The van der Waals surface area contributed by atoms with Crippen LogP contribution in [0.15, 0.2) is 36.7 Å². The van der Waals surface area contributed by atoms with Crippen molar-refractivity contribution < 1.29 is 9.18 Å². The predicted octanol–water partition coefficient (Wildman–Crippen LogP) is 2.50. The summed E-state index contributed by atoms with van der Waals surface area (Å²) < 4.78 is 12.9. The Kier molecular flexibility index (Phi) is 6.23. The maximum absolute atomic E-state index is 12.9. The number of halogens is 2. The Balaban J connectivity index is 0.00000210. The van der Waals surface area contributed by atoms with Crippen LogP contribution in [-0.2, 0) is 11.2 Å². The lowest BCUT2D eigenvalue weighted by Crippen LogP contribution is -2.38. The monoisotopic (exact) mass is 391 g/mol. The highest BCUT2D eigenvalue weighted by Crippen LogP contribution is 2.24. The standard InChI is InChI=1S/C19H22FN5O.ClH/c20-15-3-1-14(2-4-15)11-18(26)23-16-12-21-19(22-13-16)25-10-9-24-7-5-17(25)6-8-24;/h1-4,12-13,17H,5-11H2,(H,23,26);1H. The zero-order valence-corrected chi connectivity index (χ0v) is 15.8. The minimum Gasteiger partial charge on any atom is -0.336 e. The van der Waals surface area contributed by atoms with Gasteiger partial charge in [-0.15, -0.1) is 12.4 Å². The highest BCUT2D eigenvalue weighted by atomic mass is 35.5. The molecule has 3 saturated heterocycles. The van der Waals surface area contributed by atoms with Gasteiger partial charge >= 0.3 is 0 Å². The summed E-state index contributed by atoms with van der Waals surface area (Å²) in [6, 6.07) is 6.43. The first-order valence-electron chi connectivity index (χ1n) is 9.03. The number of nitrogens with zero attached hydrogens (tertiary/aromatic N) is 4. The Hall–Kier alpha value is -2.25. The van der Waals surface area contributed by atoms with Crippen LogP contribution >= 0.6 is 12.4 Å². The van der Waals surface area contributed by atoms with Crippen molar-refractivity contribution in [1.82, 2.24) is 14.9 Å². The van der Waals surface area contributed by atoms with E-state index >= 15 is 0 Å². The normalized spacial score (nSPS) is 21.3. The Morgan fingerprint density at radius 3 is 2.41 bits per heavy atom. The van der Waals surface area contributed by atoms with Gasteiger partial charge in [0, 0.05) is 32.2 Å². The molecule has 1 amide bonds. The molecule has 0 atom stereocenters. The third kappa shape index (κ3) is 4.73. The molecule has 3 fully saturated rings. The van der Waals surface area contributed by atoms with Crippen molar-refractivity contribution in [3.05, 3.63) is 48.0 Å². The summed E-state index contributed by atoms with van der Waals surface area (Å²) in [5.41, 5.74) is 1.33. The van der Waals surface area contributed by atoms with Gasteiger partial charge in [-0.2, -0.15) is 0 Å². The fourth-order valence-corrected chi connectivity index (χ4v) is 3.68. The fourth-order valence-electron chi connectivity index (χ4n) is 3.68. The van der Waals surface area contributed by atoms with E-state index in [-0.39, 0.29) is 30.6 Å². The van der Waals surface area contributed by atoms with Crippen LogP contribution in [0.25, 0.3) is 0 Å². The SMILES string of the molecule is Cl.O=C(Cc1ccc(F)cc1)Nc1cnc(N2CCN3CCC2CC3)nc1. The molecule has 1 N–H and O–H groups in total. The van der Waals surface area contributed by atoms with Crippen molar-refractivity contribution >= 4 is 29.9 Å². The van der Waals surface area contributed by atoms with Crippen LogP contribution in [0, 0.1) is 5.82 Å². The molecule has 2 bridgehead atoms. The lowest BCUT2D eigenvalue weighted by Gasteiger charge is -2.31. The van der Waals surface area contributed by atoms with E-state index in [9.17, 15) is 9.18 Å². The summed E-state index contributed by atoms with van der Waals surface area (Å²) in [5.74, 6) is 0.251. The van der Waals surface area contributed by atoms with Crippen molar-refractivity contribution in [3.63, 3.8) is 0 Å². The van der Waals surface area contributed by atoms with Gasteiger partial charge in [0.2, 0.25) is 11.9 Å². The first-order chi connectivity index (χ1) is 12.7. The Morgan fingerprint density at radius 2 is 1.74 bits per heavy atom. The molecule has 0 saturated carbocycles. The Labute approximate surface area is 164 Å². The third-order valence-electron chi connectivity index (χ3n) is 5.11. The largest absolute Gasteiger partial charge is 0.336 e. The van der Waals surface area contributed by atoms with Crippen LogP contribution in [0.2, 0.25) is 0 Å². The zero-order chi connectivity index (χ0) is 17.9. The van der Waals surface area contributed by atoms with E-state index in [2.05, 4.69) is 25.1 Å². The summed E-state index contributed by atoms with van der Waals surface area (Å²) in [4.78, 5) is 25.8. The molecule has 144 valence electrons. The molecule has 27 heavy (non-hydrogen) atoms. The summed E-state index contributed by atoms with van der Waals surface area (Å²) in [7, 11) is 0. The van der Waals surface area contributed by atoms with E-state index in [4.69, 9.17) is 0 Å². The molecule has 0 unspecified atom stereocenters. The molecular formula is C19H23ClFN5O. The van der Waals surface area contributed by atoms with Gasteiger partial charge in [-0.3, -0.25) is 4.79 Å². The second-order valence-corrected chi connectivity index (χ2v) is 6.89. The van der Waals surface area contributed by atoms with E-state index in [0.29, 0.717) is 11.7 Å². The number of amides is 1. The first-order valence-corrected chi connectivity index (χ1v) is 9.03. The van der Waals surface area contributed by atoms with Crippen molar-refractivity contribution in [2.45, 2.75) is 25.3 Å². The Morgan fingerprint density at radius 1 is 1.07 bits per heavy atom. The number of hydrogen-bond acceptors (Lipinski definition) is 5. The Bertz CT molecular complexity index is 763. The summed E-state index contributed by atoms with van der Waals surface area (Å²) >= 11 is 0. The number of rotatable bonds is 4. The highest BCUT2D eigenvalue weighted by Gasteiger charge is 2.30. The number of carbonyl (C=O) groups excluding carboxylic acids is 1. The number of hydrogen-bond donors (Lipinski definition) is 1. The lowest BCUT2D eigenvalue weighted by atomic mass is 10.1. The molecular weight excluding hydrogens is 369 g/mol. The second-order valence-electron chi connectivity index (χ2n) is 6.89. The van der Waals surface area contributed by atoms with Crippen LogP contribution in [0.5, 0.6) is 0 Å². The van der Waals surface area contributed by atoms with Crippen LogP contribution in [-0.4, -0.2) is 53.0 Å². The van der Waals surface area contributed by atoms with Gasteiger partial charge < -0.3 is 15.1 Å². The molecule has 0 spiro atoms. The summed E-state index contributed by atoms with van der Waals surface area (Å²) in [6.45, 7) is 4.30. The van der Waals surface area contributed by atoms with Crippen molar-refractivity contribution in [3.8, 4) is 0 Å². The topological polar surface area (TPSA) is 61.4 Å². The fraction of sp³-hybridized carbons (Fsp3) is 0.421. The van der Waals surface area contributed by atoms with Crippen molar-refractivity contribution in [1.29, 1.82) is 0 Å². The smallest absolute Gasteiger partial charge is 0.228 e. The summed E-state index contributed by atoms with van der Waals surface area (Å²) in [6.07, 6.45) is 5.80. The molecule has 4 heterocycles. The third-order valence-corrected chi connectivity index (χ3v) is 5.11. The minimum absolute atomic E-state index is 0. The molecule has 1 aromatic carbocycles. The van der Waals surface area contributed by atoms with Gasteiger partial charge in [-0.05, 0) is 30.5 Å². The van der Waals surface area contributed by atoms with Gasteiger partial charge in [0.05, 0.1) is 24.5 Å². The van der Waals surface area contributed by atoms with Crippen molar-refractivity contribution in [2.75, 3.05) is 36.4 Å². The van der Waals surface area contributed by atoms with Crippen LogP contribution in [0.3, 0.4) is 0 Å². The quantitative estimate of drug-likeness (QED) is 0.867. The van der Waals surface area contributed by atoms with Gasteiger partial charge in [0.1, 0.15) is 5.82 Å². The first kappa shape index (κ1) is 19.5. The van der Waals surface area contributed by atoms with Crippen molar-refractivity contribution in [2.24, 2.45) is 0 Å². The molecule has 8 heteroatoms. The molecule has 6 nitrogen and oxygen atoms in total. The maximum atomic E-state index is 12.9. The van der Waals surface area contributed by atoms with Gasteiger partial charge in [-0.25, -0.2) is 14.4 Å². The number of fused-ring (bicyclic) bond motifs is 4. The van der Waals surface area contributed by atoms with Crippen LogP contribution in [0.1, 0.15) is 18.4 Å². The number of carbonyl (C=O) groups is 1. The van der Waals surface area contributed by atoms with E-state index < -0.39 is 0 Å². The molecule has 0 radical (unpaired) electrons. The predicted molar refractivity (Wildman–Crippen MR) is 105 cm³/mol. The number of benzene rings is 1. The van der Waals surface area contributed by atoms with E-state index in [1.807, 2.05) is 0 Å².